The first-order valence-corrected chi connectivity index (χ1v) is 16.1. The predicted octanol–water partition coefficient (Wildman–Crippen LogP) is 6.08. The fourth-order valence-corrected chi connectivity index (χ4v) is 6.34. The van der Waals surface area contributed by atoms with Crippen LogP contribution >= 0.6 is 23.2 Å². The number of nitrogens with one attached hydrogen (secondary N) is 1. The topological polar surface area (TPSA) is 110 Å². The summed E-state index contributed by atoms with van der Waals surface area (Å²) >= 11 is 12.5. The summed E-state index contributed by atoms with van der Waals surface area (Å²) in [5.74, 6) is -1.94. The maximum atomic E-state index is 14.3. The van der Waals surface area contributed by atoms with Crippen LogP contribution in [0.15, 0.2) is 59.3 Å². The number of aliphatic hydroxyl groups is 1. The minimum atomic E-state index is -1.46. The third-order valence-corrected chi connectivity index (χ3v) is 9.42. The lowest BCUT2D eigenvalue weighted by Gasteiger charge is -2.42. The number of hydrogen-bond donors (Lipinski definition) is 2. The van der Waals surface area contributed by atoms with Gasteiger partial charge in [0.05, 0.1) is 23.1 Å². The van der Waals surface area contributed by atoms with Crippen LogP contribution in [0, 0.1) is 17.6 Å². The Morgan fingerprint density at radius 2 is 1.96 bits per heavy atom. The van der Waals surface area contributed by atoms with Crippen LogP contribution < -0.4 is 10.1 Å². The molecule has 1 aliphatic carbocycles. The van der Waals surface area contributed by atoms with Crippen molar-refractivity contribution in [2.75, 3.05) is 26.8 Å². The summed E-state index contributed by atoms with van der Waals surface area (Å²) in [6.45, 7) is 1.66. The smallest absolute Gasteiger partial charge is 0.230 e. The van der Waals surface area contributed by atoms with Gasteiger partial charge in [0.1, 0.15) is 22.9 Å². The van der Waals surface area contributed by atoms with Gasteiger partial charge in [0, 0.05) is 55.2 Å². The number of aromatic nitrogens is 2. The van der Waals surface area contributed by atoms with E-state index in [0.717, 1.165) is 42.5 Å². The number of amides is 1. The van der Waals surface area contributed by atoms with E-state index in [0.29, 0.717) is 43.2 Å². The summed E-state index contributed by atoms with van der Waals surface area (Å²) in [5.41, 5.74) is 0.796. The highest BCUT2D eigenvalue weighted by Gasteiger charge is 2.48. The van der Waals surface area contributed by atoms with Crippen molar-refractivity contribution in [2.24, 2.45) is 5.92 Å². The molecule has 9 nitrogen and oxygen atoms in total. The van der Waals surface area contributed by atoms with E-state index in [-0.39, 0.29) is 41.5 Å². The van der Waals surface area contributed by atoms with Crippen LogP contribution in [0.2, 0.25) is 10.0 Å². The van der Waals surface area contributed by atoms with Crippen molar-refractivity contribution in [2.45, 2.75) is 50.5 Å². The van der Waals surface area contributed by atoms with E-state index in [1.807, 2.05) is 23.1 Å². The van der Waals surface area contributed by atoms with E-state index in [2.05, 4.69) is 15.5 Å². The largest absolute Gasteiger partial charge is 0.469 e. The molecule has 1 saturated carbocycles. The molecule has 13 heteroatoms. The summed E-state index contributed by atoms with van der Waals surface area (Å²) in [6, 6.07) is 12.5. The Hall–Kier alpha value is -3.61. The molecule has 47 heavy (non-hydrogen) atoms. The summed E-state index contributed by atoms with van der Waals surface area (Å²) < 4.78 is 44.3. The highest BCUT2D eigenvalue weighted by atomic mass is 35.5. The number of piperidine rings is 1. The second-order valence-corrected chi connectivity index (χ2v) is 12.7. The number of methoxy groups -OCH3 is 1. The highest BCUT2D eigenvalue weighted by molar-refractivity contribution is 6.33. The van der Waals surface area contributed by atoms with Gasteiger partial charge >= 0.3 is 0 Å². The molecule has 0 spiro atoms. The van der Waals surface area contributed by atoms with E-state index < -0.39 is 28.2 Å². The normalized spacial score (nSPS) is 19.5. The van der Waals surface area contributed by atoms with Crippen molar-refractivity contribution in [3.63, 3.8) is 0 Å². The molecule has 4 aromatic rings. The van der Waals surface area contributed by atoms with Crippen molar-refractivity contribution >= 4 is 29.1 Å². The van der Waals surface area contributed by atoms with E-state index in [9.17, 15) is 18.7 Å². The Morgan fingerprint density at radius 3 is 2.70 bits per heavy atom. The van der Waals surface area contributed by atoms with Gasteiger partial charge in [-0.3, -0.25) is 4.79 Å². The number of benzene rings is 2. The van der Waals surface area contributed by atoms with Crippen LogP contribution in [0.3, 0.4) is 0 Å². The van der Waals surface area contributed by atoms with Gasteiger partial charge in [0.15, 0.2) is 12.4 Å². The first-order chi connectivity index (χ1) is 22.7. The molecule has 2 N–H and O–H groups in total. The van der Waals surface area contributed by atoms with Gasteiger partial charge in [0.2, 0.25) is 11.8 Å². The summed E-state index contributed by atoms with van der Waals surface area (Å²) in [5, 5.41) is 19.3. The Morgan fingerprint density at radius 1 is 1.15 bits per heavy atom. The first-order valence-electron chi connectivity index (χ1n) is 15.4. The third kappa shape index (κ3) is 7.29. The molecular weight excluding hydrogens is 653 g/mol. The Balaban J connectivity index is 1.15. The van der Waals surface area contributed by atoms with Crippen molar-refractivity contribution in [1.82, 2.24) is 20.4 Å². The van der Waals surface area contributed by atoms with Crippen molar-refractivity contribution in [3.05, 3.63) is 98.9 Å². The zero-order chi connectivity index (χ0) is 33.1. The van der Waals surface area contributed by atoms with Crippen LogP contribution in [0.25, 0.3) is 11.3 Å². The average Bonchev–Trinajstić information content (AvgIpc) is 3.82. The average molecular weight is 688 g/mol. The van der Waals surface area contributed by atoms with Crippen LogP contribution in [0.1, 0.15) is 41.7 Å². The predicted molar refractivity (Wildman–Crippen MR) is 171 cm³/mol. The Bertz CT molecular complexity index is 1740. The number of rotatable bonds is 12. The summed E-state index contributed by atoms with van der Waals surface area (Å²) in [4.78, 5) is 20.4. The maximum Gasteiger partial charge on any atom is 0.230 e. The molecule has 2 fully saturated rings. The van der Waals surface area contributed by atoms with E-state index >= 15 is 0 Å². The van der Waals surface area contributed by atoms with Gasteiger partial charge in [-0.2, -0.15) is 0 Å². The summed E-state index contributed by atoms with van der Waals surface area (Å²) in [7, 11) is 1.66. The minimum absolute atomic E-state index is 0.0269. The van der Waals surface area contributed by atoms with Crippen molar-refractivity contribution in [3.8, 4) is 17.1 Å². The number of carbonyl (C=O) groups excluding carboxylic acids is 1. The second kappa shape index (κ2) is 14.2. The minimum Gasteiger partial charge on any atom is -0.469 e. The number of ether oxygens (including phenoxy) is 2. The maximum absolute atomic E-state index is 14.3. The van der Waals surface area contributed by atoms with Gasteiger partial charge in [-0.15, -0.1) is 0 Å². The summed E-state index contributed by atoms with van der Waals surface area (Å²) in [6.07, 6.45) is 4.36. The van der Waals surface area contributed by atoms with Crippen molar-refractivity contribution < 1.29 is 32.7 Å². The molecule has 0 radical (unpaired) electrons. The van der Waals surface area contributed by atoms with Gasteiger partial charge in [-0.05, 0) is 67.6 Å². The molecule has 3 heterocycles. The molecule has 248 valence electrons. The number of hydrogen-bond acceptors (Lipinski definition) is 8. The Kier molecular flexibility index (Phi) is 10.1. The van der Waals surface area contributed by atoms with Gasteiger partial charge in [0.25, 0.3) is 0 Å². The molecule has 2 aromatic carbocycles. The molecule has 1 amide bonds. The lowest BCUT2D eigenvalue weighted by atomic mass is 9.76. The van der Waals surface area contributed by atoms with E-state index in [1.54, 1.807) is 19.2 Å². The first kappa shape index (κ1) is 33.3. The molecular formula is C34H34Cl2F2N4O5. The molecule has 2 aromatic heterocycles. The monoisotopic (exact) mass is 686 g/mol. The molecule has 1 saturated heterocycles. The number of nitrogens with zero attached hydrogens (tertiary/aromatic N) is 3. The number of pyridine rings is 1. The van der Waals surface area contributed by atoms with Crippen LogP contribution in [0.5, 0.6) is 5.88 Å². The molecule has 2 atom stereocenters. The van der Waals surface area contributed by atoms with Crippen molar-refractivity contribution in [1.29, 1.82) is 0 Å². The van der Waals surface area contributed by atoms with Gasteiger partial charge < -0.3 is 29.3 Å². The quantitative estimate of drug-likeness (QED) is 0.173. The number of halogens is 4. The van der Waals surface area contributed by atoms with E-state index in [1.165, 1.54) is 12.3 Å². The second-order valence-electron chi connectivity index (χ2n) is 11.9. The molecule has 2 aliphatic rings. The SMILES string of the molecule is COCCc1ccc(Cl)c(CN(C(=O)[C@H]2CNCC[C@]2(O)c2ccc(OCc3cc(-c4c(F)ccc(F)c4Cl)no3)nc2)C2CC2)c1. The molecule has 0 bridgehead atoms. The number of carbonyl (C=O) groups is 1. The zero-order valence-corrected chi connectivity index (χ0v) is 27.2. The lowest BCUT2D eigenvalue weighted by molar-refractivity contribution is -0.150. The van der Waals surface area contributed by atoms with Crippen LogP contribution in [-0.4, -0.2) is 58.9 Å². The standard InChI is InChI=1S/C34H34Cl2F2N4O5/c1-45-13-10-20-2-6-26(35)21(14-20)18-42(23-4-5-23)33(43)25-17-39-12-11-34(25,44)22-3-9-30(40-16-22)46-19-24-15-29(41-47-24)31-27(37)7-8-28(38)32(31)36/h2-3,6-9,14-16,23,25,39,44H,4-5,10-13,17-19H2,1H3/t25-,34+/m1/s1. The fourth-order valence-electron chi connectivity index (χ4n) is 5.91. The highest BCUT2D eigenvalue weighted by Crippen LogP contribution is 2.40. The van der Waals surface area contributed by atoms with E-state index in [4.69, 9.17) is 37.2 Å². The zero-order valence-electron chi connectivity index (χ0n) is 25.6. The lowest BCUT2D eigenvalue weighted by Crippen LogP contribution is -2.55. The fraction of sp³-hybridized carbons (Fsp3) is 0.382. The molecule has 1 aliphatic heterocycles. The van der Waals surface area contributed by atoms with Crippen LogP contribution in [0.4, 0.5) is 8.78 Å². The van der Waals surface area contributed by atoms with Crippen LogP contribution in [-0.2, 0) is 34.7 Å². The molecule has 0 unspecified atom stereocenters. The Labute approximate surface area is 280 Å². The molecule has 6 rings (SSSR count). The third-order valence-electron chi connectivity index (χ3n) is 8.68. The van der Waals surface area contributed by atoms with Gasteiger partial charge in [-0.25, -0.2) is 13.8 Å². The van der Waals surface area contributed by atoms with Gasteiger partial charge in [-0.1, -0.05) is 40.5 Å².